The minimum absolute atomic E-state index is 0.0195. The molecule has 1 aliphatic rings. The molecule has 0 aromatic carbocycles. The van der Waals surface area contributed by atoms with Crippen molar-refractivity contribution >= 4 is 5.97 Å². The minimum Gasteiger partial charge on any atom is -0.481 e. The molecule has 0 saturated carbocycles. The molecule has 0 aromatic heterocycles. The van der Waals surface area contributed by atoms with Gasteiger partial charge in [0.15, 0.2) is 0 Å². The fourth-order valence-corrected chi connectivity index (χ4v) is 2.12. The van der Waals surface area contributed by atoms with Gasteiger partial charge in [-0.05, 0) is 13.3 Å². The van der Waals surface area contributed by atoms with Gasteiger partial charge in [-0.3, -0.25) is 4.79 Å². The number of methoxy groups -OCH3 is 1. The van der Waals surface area contributed by atoms with Crippen LogP contribution in [0.25, 0.3) is 0 Å². The maximum absolute atomic E-state index is 10.4. The molecule has 4 atom stereocenters. The Morgan fingerprint density at radius 2 is 2.14 bits per heavy atom. The maximum atomic E-state index is 10.4. The van der Waals surface area contributed by atoms with Crippen LogP contribution in [0.2, 0.25) is 0 Å². The smallest absolute Gasteiger partial charge is 0.303 e. The van der Waals surface area contributed by atoms with E-state index in [1.54, 1.807) is 7.11 Å². The van der Waals surface area contributed by atoms with Crippen molar-refractivity contribution in [2.24, 2.45) is 5.92 Å². The molecule has 0 spiro atoms. The number of rotatable bonds is 4. The zero-order valence-electron chi connectivity index (χ0n) is 8.90. The maximum Gasteiger partial charge on any atom is 0.303 e. The largest absolute Gasteiger partial charge is 0.481 e. The Bertz CT molecular complexity index is 204. The summed E-state index contributed by atoms with van der Waals surface area (Å²) in [6, 6.07) is 0. The highest BCUT2D eigenvalue weighted by molar-refractivity contribution is 5.66. The van der Waals surface area contributed by atoms with Crippen molar-refractivity contribution in [3.8, 4) is 0 Å². The lowest BCUT2D eigenvalue weighted by atomic mass is 9.96. The van der Waals surface area contributed by atoms with Crippen LogP contribution in [0.15, 0.2) is 0 Å². The Hall–Kier alpha value is -0.610. The Morgan fingerprint density at radius 1 is 1.50 bits per heavy atom. The molecule has 14 heavy (non-hydrogen) atoms. The van der Waals surface area contributed by atoms with Gasteiger partial charge in [-0.15, -0.1) is 0 Å². The van der Waals surface area contributed by atoms with Gasteiger partial charge in [0.25, 0.3) is 0 Å². The Balaban J connectivity index is 2.44. The first kappa shape index (κ1) is 11.5. The molecule has 1 fully saturated rings. The molecule has 1 saturated heterocycles. The first-order chi connectivity index (χ1) is 6.56. The second-order valence-electron chi connectivity index (χ2n) is 3.87. The predicted molar refractivity (Wildman–Crippen MR) is 51.2 cm³/mol. The van der Waals surface area contributed by atoms with Crippen molar-refractivity contribution in [1.82, 2.24) is 0 Å². The number of ether oxygens (including phenoxy) is 2. The summed E-state index contributed by atoms with van der Waals surface area (Å²) in [4.78, 5) is 10.4. The van der Waals surface area contributed by atoms with Gasteiger partial charge in [0.1, 0.15) is 0 Å². The van der Waals surface area contributed by atoms with E-state index in [0.717, 1.165) is 0 Å². The lowest BCUT2D eigenvalue weighted by Crippen LogP contribution is -2.26. The van der Waals surface area contributed by atoms with Crippen LogP contribution in [0, 0.1) is 5.92 Å². The highest BCUT2D eigenvalue weighted by Gasteiger charge is 2.39. The van der Waals surface area contributed by atoms with Crippen LogP contribution < -0.4 is 0 Å². The Labute approximate surface area is 84.2 Å². The third kappa shape index (κ3) is 2.45. The molecule has 0 radical (unpaired) electrons. The van der Waals surface area contributed by atoms with Crippen molar-refractivity contribution in [2.75, 3.05) is 7.11 Å². The topological polar surface area (TPSA) is 55.8 Å². The highest BCUT2D eigenvalue weighted by Crippen LogP contribution is 2.31. The van der Waals surface area contributed by atoms with Crippen LogP contribution in [-0.2, 0) is 14.3 Å². The molecule has 1 aliphatic heterocycles. The van der Waals surface area contributed by atoms with Crippen molar-refractivity contribution in [3.05, 3.63) is 0 Å². The molecule has 1 N–H and O–H groups in total. The SMILES string of the molecule is CO[C@H]1C(C)[C@@H](CCC(=O)O)O[C@H]1C. The van der Waals surface area contributed by atoms with Gasteiger partial charge >= 0.3 is 5.97 Å². The summed E-state index contributed by atoms with van der Waals surface area (Å²) in [7, 11) is 1.67. The lowest BCUT2D eigenvalue weighted by Gasteiger charge is -2.16. The van der Waals surface area contributed by atoms with E-state index in [4.69, 9.17) is 14.6 Å². The fraction of sp³-hybridized carbons (Fsp3) is 0.900. The van der Waals surface area contributed by atoms with E-state index in [1.807, 2.05) is 13.8 Å². The first-order valence-electron chi connectivity index (χ1n) is 4.96. The van der Waals surface area contributed by atoms with Gasteiger partial charge in [-0.1, -0.05) is 6.92 Å². The van der Waals surface area contributed by atoms with E-state index < -0.39 is 5.97 Å². The minimum atomic E-state index is -0.769. The molecule has 4 nitrogen and oxygen atoms in total. The molecular weight excluding hydrogens is 184 g/mol. The van der Waals surface area contributed by atoms with Gasteiger partial charge in [-0.25, -0.2) is 0 Å². The molecular formula is C10H18O4. The molecule has 1 rings (SSSR count). The van der Waals surface area contributed by atoms with E-state index in [1.165, 1.54) is 0 Å². The number of carboxylic acids is 1. The number of hydrogen-bond donors (Lipinski definition) is 1. The first-order valence-corrected chi connectivity index (χ1v) is 4.96. The number of carboxylic acid groups (broad SMARTS) is 1. The molecule has 1 heterocycles. The van der Waals surface area contributed by atoms with Gasteiger partial charge in [0, 0.05) is 19.4 Å². The van der Waals surface area contributed by atoms with Crippen LogP contribution in [0.5, 0.6) is 0 Å². The van der Waals surface area contributed by atoms with E-state index in [9.17, 15) is 4.79 Å². The molecule has 0 bridgehead atoms. The average molecular weight is 202 g/mol. The van der Waals surface area contributed by atoms with Crippen LogP contribution in [0.4, 0.5) is 0 Å². The summed E-state index contributed by atoms with van der Waals surface area (Å²) in [5.74, 6) is -0.497. The van der Waals surface area contributed by atoms with Crippen molar-refractivity contribution in [2.45, 2.75) is 45.0 Å². The summed E-state index contributed by atoms with van der Waals surface area (Å²) >= 11 is 0. The molecule has 0 aromatic rings. The molecule has 4 heteroatoms. The monoisotopic (exact) mass is 202 g/mol. The summed E-state index contributed by atoms with van der Waals surface area (Å²) < 4.78 is 10.9. The fourth-order valence-electron chi connectivity index (χ4n) is 2.12. The van der Waals surface area contributed by atoms with Gasteiger partial charge in [0.2, 0.25) is 0 Å². The van der Waals surface area contributed by atoms with Crippen LogP contribution >= 0.6 is 0 Å². The Morgan fingerprint density at radius 3 is 2.57 bits per heavy atom. The van der Waals surface area contributed by atoms with Gasteiger partial charge in [-0.2, -0.15) is 0 Å². The average Bonchev–Trinajstić information content (AvgIpc) is 2.38. The van der Waals surface area contributed by atoms with Gasteiger partial charge in [0.05, 0.1) is 18.3 Å². The molecule has 1 unspecified atom stereocenters. The van der Waals surface area contributed by atoms with Crippen LogP contribution in [-0.4, -0.2) is 36.5 Å². The van der Waals surface area contributed by atoms with Crippen molar-refractivity contribution in [1.29, 1.82) is 0 Å². The summed E-state index contributed by atoms with van der Waals surface area (Å²) in [6.07, 6.45) is 0.910. The summed E-state index contributed by atoms with van der Waals surface area (Å²) in [6.45, 7) is 4.01. The zero-order valence-corrected chi connectivity index (χ0v) is 8.90. The Kier molecular flexibility index (Phi) is 3.89. The second kappa shape index (κ2) is 4.75. The van der Waals surface area contributed by atoms with Crippen LogP contribution in [0.3, 0.4) is 0 Å². The quantitative estimate of drug-likeness (QED) is 0.746. The second-order valence-corrected chi connectivity index (χ2v) is 3.87. The third-order valence-electron chi connectivity index (χ3n) is 2.87. The third-order valence-corrected chi connectivity index (χ3v) is 2.87. The van der Waals surface area contributed by atoms with E-state index in [2.05, 4.69) is 0 Å². The molecule has 82 valence electrons. The van der Waals surface area contributed by atoms with E-state index in [-0.39, 0.29) is 30.7 Å². The number of aliphatic carboxylic acids is 1. The van der Waals surface area contributed by atoms with Crippen molar-refractivity contribution < 1.29 is 19.4 Å². The molecule has 0 aliphatic carbocycles. The van der Waals surface area contributed by atoms with E-state index in [0.29, 0.717) is 6.42 Å². The number of hydrogen-bond acceptors (Lipinski definition) is 3. The van der Waals surface area contributed by atoms with Crippen molar-refractivity contribution in [3.63, 3.8) is 0 Å². The number of carbonyl (C=O) groups is 1. The standard InChI is InChI=1S/C10H18O4/c1-6-8(4-5-9(11)12)14-7(2)10(6)13-3/h6-8,10H,4-5H2,1-3H3,(H,11,12)/t6?,7-,8+,10-/m0/s1. The van der Waals surface area contributed by atoms with Gasteiger partial charge < -0.3 is 14.6 Å². The molecule has 0 amide bonds. The zero-order chi connectivity index (χ0) is 10.7. The normalized spacial score (nSPS) is 37.4. The van der Waals surface area contributed by atoms with E-state index >= 15 is 0 Å². The summed E-state index contributed by atoms with van der Waals surface area (Å²) in [5.41, 5.74) is 0. The highest BCUT2D eigenvalue weighted by atomic mass is 16.6. The lowest BCUT2D eigenvalue weighted by molar-refractivity contribution is -0.137. The van der Waals surface area contributed by atoms with Crippen LogP contribution in [0.1, 0.15) is 26.7 Å². The predicted octanol–water partition coefficient (Wildman–Crippen LogP) is 1.29. The summed E-state index contributed by atoms with van der Waals surface area (Å²) in [5, 5.41) is 8.56.